The predicted octanol–water partition coefficient (Wildman–Crippen LogP) is 4.20. The fraction of sp³-hybridized carbons (Fsp3) is 0.333. The van der Waals surface area contributed by atoms with Gasteiger partial charge in [0.1, 0.15) is 5.82 Å². The summed E-state index contributed by atoms with van der Waals surface area (Å²) in [5, 5.41) is 5.87. The van der Waals surface area contributed by atoms with Gasteiger partial charge in [-0.2, -0.15) is 0 Å². The minimum absolute atomic E-state index is 0.141. The van der Waals surface area contributed by atoms with Gasteiger partial charge in [0.2, 0.25) is 0 Å². The van der Waals surface area contributed by atoms with E-state index < -0.39 is 5.82 Å². The van der Waals surface area contributed by atoms with E-state index in [9.17, 15) is 14.0 Å². The Morgan fingerprint density at radius 3 is 2.58 bits per heavy atom. The van der Waals surface area contributed by atoms with Crippen LogP contribution in [0, 0.1) is 19.7 Å². The molecule has 0 saturated carbocycles. The number of fused-ring (bicyclic) bond motifs is 1. The minimum atomic E-state index is -0.405. The molecule has 7 nitrogen and oxygen atoms in total. The van der Waals surface area contributed by atoms with Crippen LogP contribution in [0.4, 0.5) is 10.1 Å². The number of piperazine rings is 1. The fourth-order valence-corrected chi connectivity index (χ4v) is 5.37. The zero-order chi connectivity index (χ0) is 26.8. The number of H-pyrrole nitrogens is 1. The van der Waals surface area contributed by atoms with Gasteiger partial charge < -0.3 is 15.6 Å². The second-order valence-electron chi connectivity index (χ2n) is 10.2. The standard InChI is InChI=1S/C30H34FN5O2/c1-19(36-13-11-35(12-14-36)18-22-7-5-4-6-8-22)17-32-30(38)28-20(2)27(33-21(28)3)16-25-24-15-23(31)9-10-26(24)34-29(25)37/h4-10,15-16,19,33H,11-14,17-18H2,1-3H3,(H,32,38)(H,34,37)/b25-16-. The second kappa shape index (κ2) is 10.9. The number of hydrogen-bond donors (Lipinski definition) is 3. The molecule has 0 bridgehead atoms. The van der Waals surface area contributed by atoms with E-state index in [0.29, 0.717) is 34.6 Å². The number of amides is 2. The monoisotopic (exact) mass is 515 g/mol. The number of nitrogens with one attached hydrogen (secondary N) is 3. The Labute approximate surface area is 222 Å². The Hall–Kier alpha value is -3.75. The van der Waals surface area contributed by atoms with Crippen molar-refractivity contribution in [3.05, 3.63) is 88.0 Å². The van der Waals surface area contributed by atoms with Crippen LogP contribution < -0.4 is 10.6 Å². The lowest BCUT2D eigenvalue weighted by Gasteiger charge is -2.38. The number of carbonyl (C=O) groups excluding carboxylic acids is 2. The summed E-state index contributed by atoms with van der Waals surface area (Å²) in [5.41, 5.74) is 5.53. The molecule has 1 fully saturated rings. The number of carbonyl (C=O) groups is 2. The number of hydrogen-bond acceptors (Lipinski definition) is 4. The van der Waals surface area contributed by atoms with Gasteiger partial charge in [-0.25, -0.2) is 4.39 Å². The molecule has 1 atom stereocenters. The number of halogens is 1. The Morgan fingerprint density at radius 2 is 1.84 bits per heavy atom. The zero-order valence-electron chi connectivity index (χ0n) is 22.1. The Kier molecular flexibility index (Phi) is 7.44. The molecule has 1 saturated heterocycles. The van der Waals surface area contributed by atoms with Crippen molar-refractivity contribution in [2.24, 2.45) is 0 Å². The molecule has 3 heterocycles. The minimum Gasteiger partial charge on any atom is -0.358 e. The third-order valence-electron chi connectivity index (χ3n) is 7.59. The van der Waals surface area contributed by atoms with Crippen molar-refractivity contribution in [1.29, 1.82) is 0 Å². The first kappa shape index (κ1) is 25.9. The van der Waals surface area contributed by atoms with Crippen molar-refractivity contribution >= 4 is 29.2 Å². The molecule has 0 aliphatic carbocycles. The number of aromatic nitrogens is 1. The summed E-state index contributed by atoms with van der Waals surface area (Å²) in [4.78, 5) is 33.8. The Morgan fingerprint density at radius 1 is 1.11 bits per heavy atom. The van der Waals surface area contributed by atoms with Gasteiger partial charge >= 0.3 is 0 Å². The molecule has 0 spiro atoms. The van der Waals surface area contributed by atoms with E-state index >= 15 is 0 Å². The molecule has 2 aromatic carbocycles. The number of aromatic amines is 1. The normalized spacial score (nSPS) is 17.9. The first-order valence-corrected chi connectivity index (χ1v) is 13.1. The van der Waals surface area contributed by atoms with Crippen molar-refractivity contribution in [3.8, 4) is 0 Å². The van der Waals surface area contributed by atoms with E-state index in [1.165, 1.54) is 17.7 Å². The number of rotatable bonds is 7. The van der Waals surface area contributed by atoms with Crippen LogP contribution in [0.2, 0.25) is 0 Å². The van der Waals surface area contributed by atoms with E-state index in [1.807, 2.05) is 19.9 Å². The summed E-state index contributed by atoms with van der Waals surface area (Å²) in [7, 11) is 0. The third-order valence-corrected chi connectivity index (χ3v) is 7.59. The summed E-state index contributed by atoms with van der Waals surface area (Å²) < 4.78 is 13.8. The summed E-state index contributed by atoms with van der Waals surface area (Å²) in [5.74, 6) is -0.837. The molecule has 1 unspecified atom stereocenters. The first-order chi connectivity index (χ1) is 18.3. The van der Waals surface area contributed by atoms with Crippen LogP contribution in [-0.4, -0.2) is 65.4 Å². The van der Waals surface area contributed by atoms with Crippen LogP contribution in [0.15, 0.2) is 48.5 Å². The third kappa shape index (κ3) is 5.42. The molecule has 2 aliphatic heterocycles. The molecular weight excluding hydrogens is 481 g/mol. The molecule has 3 aromatic rings. The smallest absolute Gasteiger partial charge is 0.256 e. The maximum Gasteiger partial charge on any atom is 0.256 e. The van der Waals surface area contributed by atoms with E-state index in [2.05, 4.69) is 56.6 Å². The van der Waals surface area contributed by atoms with Crippen molar-refractivity contribution in [2.75, 3.05) is 38.0 Å². The van der Waals surface area contributed by atoms with Gasteiger partial charge in [0.05, 0.1) is 11.1 Å². The maximum absolute atomic E-state index is 13.8. The molecular formula is C30H34FN5O2. The highest BCUT2D eigenvalue weighted by atomic mass is 19.1. The van der Waals surface area contributed by atoms with Gasteiger partial charge in [-0.05, 0) is 56.2 Å². The molecule has 1 aromatic heterocycles. The fourth-order valence-electron chi connectivity index (χ4n) is 5.37. The summed E-state index contributed by atoms with van der Waals surface area (Å²) in [6.45, 7) is 11.3. The molecule has 5 rings (SSSR count). The van der Waals surface area contributed by atoms with Crippen LogP contribution in [0.5, 0.6) is 0 Å². The molecule has 38 heavy (non-hydrogen) atoms. The second-order valence-corrected chi connectivity index (χ2v) is 10.2. The molecule has 2 amide bonds. The van der Waals surface area contributed by atoms with Crippen molar-refractivity contribution in [3.63, 3.8) is 0 Å². The number of nitrogens with zero attached hydrogens (tertiary/aromatic N) is 2. The molecule has 0 radical (unpaired) electrons. The van der Waals surface area contributed by atoms with Crippen molar-refractivity contribution in [2.45, 2.75) is 33.4 Å². The maximum atomic E-state index is 13.8. The van der Waals surface area contributed by atoms with Gasteiger partial charge in [-0.1, -0.05) is 30.3 Å². The summed E-state index contributed by atoms with van der Waals surface area (Å²) in [6.07, 6.45) is 1.69. The van der Waals surface area contributed by atoms with Crippen LogP contribution in [0.1, 0.15) is 45.4 Å². The lowest BCUT2D eigenvalue weighted by atomic mass is 10.0. The predicted molar refractivity (Wildman–Crippen MR) is 148 cm³/mol. The lowest BCUT2D eigenvalue weighted by molar-refractivity contribution is -0.110. The summed E-state index contributed by atoms with van der Waals surface area (Å²) >= 11 is 0. The number of anilines is 1. The van der Waals surface area contributed by atoms with Gasteiger partial charge in [0.15, 0.2) is 0 Å². The van der Waals surface area contributed by atoms with Crippen molar-refractivity contribution < 1.29 is 14.0 Å². The van der Waals surface area contributed by atoms with E-state index in [4.69, 9.17) is 0 Å². The molecule has 2 aliphatic rings. The van der Waals surface area contributed by atoms with Gasteiger partial charge in [-0.3, -0.25) is 19.4 Å². The highest BCUT2D eigenvalue weighted by Gasteiger charge is 2.27. The van der Waals surface area contributed by atoms with E-state index in [1.54, 1.807) is 12.1 Å². The quantitative estimate of drug-likeness (QED) is 0.412. The highest BCUT2D eigenvalue weighted by molar-refractivity contribution is 6.34. The Balaban J connectivity index is 1.20. The van der Waals surface area contributed by atoms with Crippen LogP contribution in [0.25, 0.3) is 11.6 Å². The van der Waals surface area contributed by atoms with E-state index in [0.717, 1.165) is 44.0 Å². The van der Waals surface area contributed by atoms with Crippen molar-refractivity contribution in [1.82, 2.24) is 20.1 Å². The topological polar surface area (TPSA) is 80.5 Å². The lowest BCUT2D eigenvalue weighted by Crippen LogP contribution is -2.52. The Bertz CT molecular complexity index is 1370. The SMILES string of the molecule is Cc1[nH]c(/C=C2\C(=O)Nc3ccc(F)cc32)c(C)c1C(=O)NCC(C)N1CCN(Cc2ccccc2)CC1. The average Bonchev–Trinajstić information content (AvgIpc) is 3.37. The number of benzene rings is 2. The molecule has 3 N–H and O–H groups in total. The van der Waals surface area contributed by atoms with Gasteiger partial charge in [0.25, 0.3) is 11.8 Å². The van der Waals surface area contributed by atoms with Crippen LogP contribution >= 0.6 is 0 Å². The summed E-state index contributed by atoms with van der Waals surface area (Å²) in [6, 6.07) is 15.0. The number of aryl methyl sites for hydroxylation is 1. The average molecular weight is 516 g/mol. The van der Waals surface area contributed by atoms with Crippen LogP contribution in [0.3, 0.4) is 0 Å². The highest BCUT2D eigenvalue weighted by Crippen LogP contribution is 2.34. The first-order valence-electron chi connectivity index (χ1n) is 13.1. The largest absolute Gasteiger partial charge is 0.358 e. The van der Waals surface area contributed by atoms with Gasteiger partial charge in [0, 0.05) is 67.9 Å². The van der Waals surface area contributed by atoms with Gasteiger partial charge in [-0.15, -0.1) is 0 Å². The molecule has 198 valence electrons. The zero-order valence-corrected chi connectivity index (χ0v) is 22.1. The van der Waals surface area contributed by atoms with E-state index in [-0.39, 0.29) is 17.9 Å². The molecule has 8 heteroatoms. The van der Waals surface area contributed by atoms with Crippen LogP contribution in [-0.2, 0) is 11.3 Å².